The van der Waals surface area contributed by atoms with Crippen LogP contribution >= 0.6 is 11.3 Å². The van der Waals surface area contributed by atoms with Crippen LogP contribution in [0.3, 0.4) is 0 Å². The second-order valence-corrected chi connectivity index (χ2v) is 14.3. The topological polar surface area (TPSA) is 154 Å². The number of carbonyl (C=O) groups excluding carboxylic acids is 1. The number of carbonyl (C=O) groups is 1. The van der Waals surface area contributed by atoms with Gasteiger partial charge in [-0.2, -0.15) is 15.2 Å². The first-order valence-electron chi connectivity index (χ1n) is 16.6. The van der Waals surface area contributed by atoms with E-state index in [0.29, 0.717) is 66.1 Å². The predicted molar refractivity (Wildman–Crippen MR) is 179 cm³/mol. The molecule has 0 saturated carbocycles. The summed E-state index contributed by atoms with van der Waals surface area (Å²) in [4.78, 5) is 37.4. The number of nitrogens with zero attached hydrogens (tertiary/aromatic N) is 9. The number of nitrogen functional groups attached to an aromatic ring is 1. The van der Waals surface area contributed by atoms with Gasteiger partial charge in [0.05, 0.1) is 17.6 Å². The minimum atomic E-state index is -0.628. The van der Waals surface area contributed by atoms with Crippen molar-refractivity contribution in [3.05, 3.63) is 40.6 Å². The monoisotopic (exact) mass is 658 g/mol. The molecule has 6 heterocycles. The number of aromatic nitrogens is 4. The maximum atomic E-state index is 12.3. The molecule has 1 amide bonds. The molecule has 47 heavy (non-hydrogen) atoms. The summed E-state index contributed by atoms with van der Waals surface area (Å²) in [6, 6.07) is 4.88. The lowest BCUT2D eigenvalue weighted by atomic mass is 9.72. The largest absolute Gasteiger partial charge is 0.389 e. The van der Waals surface area contributed by atoms with Crippen LogP contribution in [0.15, 0.2) is 23.2 Å². The summed E-state index contributed by atoms with van der Waals surface area (Å²) in [5, 5.41) is 15.0. The van der Waals surface area contributed by atoms with E-state index in [1.807, 2.05) is 11.0 Å². The molecule has 13 nitrogen and oxygen atoms in total. The van der Waals surface area contributed by atoms with Gasteiger partial charge < -0.3 is 29.7 Å². The molecular weight excluding hydrogens is 616 g/mol. The second-order valence-electron chi connectivity index (χ2n) is 13.2. The number of fused-ring (bicyclic) bond motifs is 1. The van der Waals surface area contributed by atoms with Crippen molar-refractivity contribution in [2.45, 2.75) is 63.5 Å². The summed E-state index contributed by atoms with van der Waals surface area (Å²) in [6.07, 6.45) is 6.01. The van der Waals surface area contributed by atoms with Crippen molar-refractivity contribution in [3.63, 3.8) is 0 Å². The van der Waals surface area contributed by atoms with Gasteiger partial charge in [0.2, 0.25) is 23.6 Å². The predicted octanol–water partition coefficient (Wildman–Crippen LogP) is 3.21. The average Bonchev–Trinajstić information content (AvgIpc) is 3.84. The number of thiophene rings is 1. The van der Waals surface area contributed by atoms with Gasteiger partial charge in [-0.3, -0.25) is 9.69 Å². The van der Waals surface area contributed by atoms with Crippen LogP contribution in [-0.2, 0) is 21.4 Å². The standard InChI is InChI=1S/C33H42N10O3S/c1-4-27(44)41-14-12-40(13-15-41)26-17-24(36-32(37-26)43-11-6-10-42(19-21(43)2)22-8-16-45-20-22)30-38-31(46-39-30)33(3)9-5-7-25-28(33)23(18-34)29(35)47-25/h4,17,21-22H,1,5-16,19-20,35H2,2-3H3/t21-,22-,33-/m0/s1. The highest BCUT2D eigenvalue weighted by Crippen LogP contribution is 2.48. The zero-order valence-corrected chi connectivity index (χ0v) is 28.0. The van der Waals surface area contributed by atoms with Crippen molar-refractivity contribution < 1.29 is 14.1 Å². The van der Waals surface area contributed by atoms with Gasteiger partial charge >= 0.3 is 0 Å². The van der Waals surface area contributed by atoms with Crippen molar-refractivity contribution in [1.29, 1.82) is 5.26 Å². The molecule has 2 N–H and O–H groups in total. The lowest BCUT2D eigenvalue weighted by Gasteiger charge is -2.36. The van der Waals surface area contributed by atoms with Crippen molar-refractivity contribution >= 4 is 34.0 Å². The van der Waals surface area contributed by atoms with Gasteiger partial charge in [0.25, 0.3) is 0 Å². The maximum absolute atomic E-state index is 12.3. The number of rotatable bonds is 6. The molecule has 3 aliphatic heterocycles. The normalized spacial score (nSPS) is 25.3. The Balaban J connectivity index is 1.23. The molecule has 0 aromatic carbocycles. The van der Waals surface area contributed by atoms with Gasteiger partial charge in [0.1, 0.15) is 22.6 Å². The molecule has 248 valence electrons. The summed E-state index contributed by atoms with van der Waals surface area (Å²) < 4.78 is 11.7. The Hall–Kier alpha value is -4.06. The van der Waals surface area contributed by atoms with Gasteiger partial charge in [-0.05, 0) is 52.0 Å². The Morgan fingerprint density at radius 3 is 2.77 bits per heavy atom. The number of nitriles is 1. The highest BCUT2D eigenvalue weighted by atomic mass is 32.1. The van der Waals surface area contributed by atoms with Crippen molar-refractivity contribution in [2.24, 2.45) is 0 Å². The van der Waals surface area contributed by atoms with Crippen molar-refractivity contribution in [3.8, 4) is 17.6 Å². The third-order valence-corrected chi connectivity index (χ3v) is 11.3. The molecule has 3 aromatic heterocycles. The smallest absolute Gasteiger partial charge is 0.246 e. The van der Waals surface area contributed by atoms with Gasteiger partial charge in [-0.15, -0.1) is 11.3 Å². The number of amides is 1. The zero-order chi connectivity index (χ0) is 32.7. The van der Waals surface area contributed by atoms with E-state index in [1.165, 1.54) is 17.4 Å². The lowest BCUT2D eigenvalue weighted by Crippen LogP contribution is -2.48. The second kappa shape index (κ2) is 12.9. The van der Waals surface area contributed by atoms with Crippen LogP contribution < -0.4 is 15.5 Å². The number of aryl methyl sites for hydroxylation is 1. The molecule has 4 aliphatic rings. The molecular formula is C33H42N10O3S. The molecule has 3 fully saturated rings. The molecule has 3 aromatic rings. The summed E-state index contributed by atoms with van der Waals surface area (Å²) in [6.45, 7) is 14.7. The number of anilines is 3. The van der Waals surface area contributed by atoms with E-state index in [0.717, 1.165) is 81.2 Å². The van der Waals surface area contributed by atoms with Crippen LogP contribution in [0.4, 0.5) is 16.8 Å². The Bertz CT molecular complexity index is 1690. The fourth-order valence-corrected chi connectivity index (χ4v) is 8.80. The Morgan fingerprint density at radius 1 is 1.19 bits per heavy atom. The fourth-order valence-electron chi connectivity index (χ4n) is 7.61. The minimum Gasteiger partial charge on any atom is -0.389 e. The first-order valence-corrected chi connectivity index (χ1v) is 17.4. The quantitative estimate of drug-likeness (QED) is 0.387. The number of piperazine rings is 1. The van der Waals surface area contributed by atoms with E-state index in [4.69, 9.17) is 29.9 Å². The molecule has 3 atom stereocenters. The first-order chi connectivity index (χ1) is 22.8. The highest BCUT2D eigenvalue weighted by molar-refractivity contribution is 7.16. The van der Waals surface area contributed by atoms with E-state index < -0.39 is 5.41 Å². The van der Waals surface area contributed by atoms with E-state index in [1.54, 1.807) is 0 Å². The van der Waals surface area contributed by atoms with E-state index in [-0.39, 0.29) is 11.9 Å². The minimum absolute atomic E-state index is 0.0602. The fraction of sp³-hybridized carbons (Fsp3) is 0.576. The molecule has 0 unspecified atom stereocenters. The number of hydrogen-bond acceptors (Lipinski definition) is 13. The first kappa shape index (κ1) is 31.5. The summed E-state index contributed by atoms with van der Waals surface area (Å²) in [5.41, 5.74) is 7.64. The van der Waals surface area contributed by atoms with Crippen LogP contribution in [0, 0.1) is 11.3 Å². The van der Waals surface area contributed by atoms with Crippen LogP contribution in [-0.4, -0.2) is 107 Å². The number of ether oxygens (including phenoxy) is 1. The van der Waals surface area contributed by atoms with Crippen molar-refractivity contribution in [1.82, 2.24) is 29.9 Å². The molecule has 1 aliphatic carbocycles. The third-order valence-electron chi connectivity index (χ3n) is 10.2. The van der Waals surface area contributed by atoms with Crippen LogP contribution in [0.1, 0.15) is 61.4 Å². The maximum Gasteiger partial charge on any atom is 0.246 e. The number of hydrogen-bond donors (Lipinski definition) is 1. The van der Waals surface area contributed by atoms with E-state index >= 15 is 0 Å². The number of nitrogens with two attached hydrogens (primary N) is 1. The molecule has 3 saturated heterocycles. The zero-order valence-electron chi connectivity index (χ0n) is 27.2. The molecule has 0 spiro atoms. The summed E-state index contributed by atoms with van der Waals surface area (Å²) in [5.74, 6) is 2.18. The van der Waals surface area contributed by atoms with Crippen molar-refractivity contribution in [2.75, 3.05) is 74.6 Å². The van der Waals surface area contributed by atoms with E-state index in [2.05, 4.69) is 46.4 Å². The molecule has 0 bridgehead atoms. The average molecular weight is 659 g/mol. The summed E-state index contributed by atoms with van der Waals surface area (Å²) in [7, 11) is 0. The van der Waals surface area contributed by atoms with Gasteiger partial charge in [-0.25, -0.2) is 4.98 Å². The summed E-state index contributed by atoms with van der Waals surface area (Å²) >= 11 is 1.48. The van der Waals surface area contributed by atoms with Crippen LogP contribution in [0.2, 0.25) is 0 Å². The SMILES string of the molecule is C=CC(=O)N1CCN(c2cc(-c3noc([C@@]4(C)CCCc5sc(N)c(C#N)c54)n3)nc(N3CCCN([C@H]4CCOC4)C[C@@H]3C)n2)CC1. The van der Waals surface area contributed by atoms with Gasteiger partial charge in [-0.1, -0.05) is 11.7 Å². The highest BCUT2D eigenvalue weighted by Gasteiger charge is 2.43. The Labute approximate surface area is 279 Å². The van der Waals surface area contributed by atoms with Gasteiger partial charge in [0, 0.05) is 81.0 Å². The Morgan fingerprint density at radius 2 is 2.02 bits per heavy atom. The van der Waals surface area contributed by atoms with Gasteiger partial charge in [0.15, 0.2) is 0 Å². The molecule has 7 rings (SSSR count). The van der Waals surface area contributed by atoms with Crippen LogP contribution in [0.25, 0.3) is 11.5 Å². The third kappa shape index (κ3) is 5.85. The van der Waals surface area contributed by atoms with Crippen LogP contribution in [0.5, 0.6) is 0 Å². The van der Waals surface area contributed by atoms with E-state index in [9.17, 15) is 10.1 Å². The lowest BCUT2D eigenvalue weighted by molar-refractivity contribution is -0.126. The Kier molecular flexibility index (Phi) is 8.63. The molecule has 0 radical (unpaired) electrons. The molecule has 14 heteroatoms.